The minimum absolute atomic E-state index is 0.0394. The first-order chi connectivity index (χ1) is 12.6. The van der Waals surface area contributed by atoms with Crippen molar-refractivity contribution in [3.05, 3.63) is 35.5 Å². The molecule has 1 aliphatic rings. The Kier molecular flexibility index (Phi) is 3.75. The number of ether oxygens (including phenoxy) is 2. The summed E-state index contributed by atoms with van der Waals surface area (Å²) >= 11 is 0. The number of hydrogen-bond donors (Lipinski definition) is 2. The van der Waals surface area contributed by atoms with Crippen LogP contribution in [0.15, 0.2) is 18.6 Å². The summed E-state index contributed by atoms with van der Waals surface area (Å²) in [7, 11) is 2.87. The number of aromatic amines is 1. The fourth-order valence-electron chi connectivity index (χ4n) is 3.30. The summed E-state index contributed by atoms with van der Waals surface area (Å²) < 4.78 is 25.3. The largest absolute Gasteiger partial charge is 0.492 e. The van der Waals surface area contributed by atoms with Crippen molar-refractivity contribution >= 4 is 17.0 Å². The molecule has 26 heavy (non-hydrogen) atoms. The number of H-pyrrole nitrogens is 1. The third-order valence-electron chi connectivity index (χ3n) is 4.57. The lowest BCUT2D eigenvalue weighted by Gasteiger charge is -2.17. The van der Waals surface area contributed by atoms with Gasteiger partial charge in [-0.05, 0) is 24.8 Å². The quantitative estimate of drug-likeness (QED) is 0.727. The molecular weight excluding hydrogens is 341 g/mol. The van der Waals surface area contributed by atoms with Crippen LogP contribution in [0.4, 0.5) is 4.39 Å². The predicted molar refractivity (Wildman–Crippen MR) is 91.3 cm³/mol. The third-order valence-corrected chi connectivity index (χ3v) is 4.57. The Morgan fingerprint density at radius 2 is 2.00 bits per heavy atom. The van der Waals surface area contributed by atoms with E-state index >= 15 is 0 Å². The Hall–Kier alpha value is -3.16. The molecule has 2 heterocycles. The Morgan fingerprint density at radius 3 is 2.62 bits per heavy atom. The van der Waals surface area contributed by atoms with Gasteiger partial charge in [-0.15, -0.1) is 0 Å². The molecule has 1 aliphatic carbocycles. The fourth-order valence-corrected chi connectivity index (χ4v) is 3.30. The highest BCUT2D eigenvalue weighted by molar-refractivity contribution is 6.04. The molecule has 7 nitrogen and oxygen atoms in total. The van der Waals surface area contributed by atoms with Crippen LogP contribution >= 0.6 is 0 Å². The highest BCUT2D eigenvalue weighted by atomic mass is 19.1. The maximum Gasteiger partial charge on any atom is 0.339 e. The van der Waals surface area contributed by atoms with Crippen LogP contribution in [0, 0.1) is 5.82 Å². The standard InChI is InChI=1S/C18H16FN3O4/c1-25-16-11(19)5-9(12(8-3-4-8)17(16)26-2)13-15-14(22-7-21-13)10(6-20-15)18(23)24/h5-8,20H,3-4H2,1-2H3,(H,23,24). The van der Waals surface area contributed by atoms with Crippen LogP contribution in [0.25, 0.3) is 22.3 Å². The van der Waals surface area contributed by atoms with Gasteiger partial charge in [-0.3, -0.25) is 0 Å². The molecule has 0 radical (unpaired) electrons. The predicted octanol–water partition coefficient (Wildman–Crippen LogP) is 3.36. The van der Waals surface area contributed by atoms with Crippen LogP contribution in [0.5, 0.6) is 11.5 Å². The van der Waals surface area contributed by atoms with Crippen LogP contribution in [0.1, 0.15) is 34.7 Å². The van der Waals surface area contributed by atoms with Gasteiger partial charge in [-0.1, -0.05) is 0 Å². The van der Waals surface area contributed by atoms with Gasteiger partial charge in [0.05, 0.1) is 25.4 Å². The number of carboxylic acids is 1. The van der Waals surface area contributed by atoms with E-state index in [-0.39, 0.29) is 22.7 Å². The maximum atomic E-state index is 14.6. The van der Waals surface area contributed by atoms with Crippen molar-refractivity contribution in [2.24, 2.45) is 0 Å². The molecule has 0 amide bonds. The number of benzene rings is 1. The number of aromatic nitrogens is 3. The van der Waals surface area contributed by atoms with Gasteiger partial charge >= 0.3 is 5.97 Å². The summed E-state index contributed by atoms with van der Waals surface area (Å²) in [5.74, 6) is -1.04. The van der Waals surface area contributed by atoms with Gasteiger partial charge in [-0.25, -0.2) is 19.2 Å². The number of carboxylic acid groups (broad SMARTS) is 1. The number of fused-ring (bicyclic) bond motifs is 1. The molecule has 2 N–H and O–H groups in total. The number of nitrogens with one attached hydrogen (secondary N) is 1. The highest BCUT2D eigenvalue weighted by Gasteiger charge is 2.34. The number of aromatic carboxylic acids is 1. The maximum absolute atomic E-state index is 14.6. The van der Waals surface area contributed by atoms with Crippen LogP contribution in [-0.4, -0.2) is 40.2 Å². The van der Waals surface area contributed by atoms with Gasteiger partial charge in [0.2, 0.25) is 0 Å². The second-order valence-electron chi connectivity index (χ2n) is 6.11. The van der Waals surface area contributed by atoms with Crippen LogP contribution in [-0.2, 0) is 0 Å². The summed E-state index contributed by atoms with van der Waals surface area (Å²) in [4.78, 5) is 22.6. The van der Waals surface area contributed by atoms with E-state index in [0.717, 1.165) is 18.4 Å². The van der Waals surface area contributed by atoms with E-state index in [1.54, 1.807) is 0 Å². The van der Waals surface area contributed by atoms with Crippen molar-refractivity contribution in [1.29, 1.82) is 0 Å². The lowest BCUT2D eigenvalue weighted by molar-refractivity contribution is 0.0699. The number of carbonyl (C=O) groups is 1. The molecule has 4 rings (SSSR count). The topological polar surface area (TPSA) is 97.3 Å². The molecule has 1 fully saturated rings. The summed E-state index contributed by atoms with van der Waals surface area (Å²) in [6.45, 7) is 0. The number of methoxy groups -OCH3 is 2. The van der Waals surface area contributed by atoms with E-state index < -0.39 is 11.8 Å². The lowest BCUT2D eigenvalue weighted by atomic mass is 9.97. The average Bonchev–Trinajstić information content (AvgIpc) is 3.37. The van der Waals surface area contributed by atoms with Crippen LogP contribution < -0.4 is 9.47 Å². The smallest absolute Gasteiger partial charge is 0.339 e. The SMILES string of the molecule is COc1c(F)cc(-c2ncnc3c(C(=O)O)c[nH]c23)c(C2CC2)c1OC. The minimum Gasteiger partial charge on any atom is -0.492 e. The molecule has 0 bridgehead atoms. The summed E-state index contributed by atoms with van der Waals surface area (Å²) in [5, 5.41) is 9.30. The molecule has 1 saturated carbocycles. The second-order valence-corrected chi connectivity index (χ2v) is 6.11. The minimum atomic E-state index is -1.10. The molecule has 3 aromatic rings. The van der Waals surface area contributed by atoms with Crippen molar-refractivity contribution in [2.45, 2.75) is 18.8 Å². The molecule has 1 aromatic carbocycles. The fraction of sp³-hybridized carbons (Fsp3) is 0.278. The van der Waals surface area contributed by atoms with Gasteiger partial charge in [0, 0.05) is 17.3 Å². The molecule has 0 aliphatic heterocycles. The Labute approximate surface area is 147 Å². The van der Waals surface area contributed by atoms with E-state index in [9.17, 15) is 14.3 Å². The van der Waals surface area contributed by atoms with Crippen molar-refractivity contribution in [2.75, 3.05) is 14.2 Å². The number of nitrogens with zero attached hydrogens (tertiary/aromatic N) is 2. The number of halogens is 1. The van der Waals surface area contributed by atoms with Crippen molar-refractivity contribution < 1.29 is 23.8 Å². The van der Waals surface area contributed by atoms with Gasteiger partial charge in [-0.2, -0.15) is 0 Å². The monoisotopic (exact) mass is 357 g/mol. The average molecular weight is 357 g/mol. The Morgan fingerprint density at radius 1 is 1.27 bits per heavy atom. The summed E-state index contributed by atoms with van der Waals surface area (Å²) in [6.07, 6.45) is 4.55. The van der Waals surface area contributed by atoms with Crippen LogP contribution in [0.3, 0.4) is 0 Å². The van der Waals surface area contributed by atoms with Gasteiger partial charge < -0.3 is 19.6 Å². The first kappa shape index (κ1) is 16.3. The van der Waals surface area contributed by atoms with E-state index in [4.69, 9.17) is 9.47 Å². The number of rotatable bonds is 5. The van der Waals surface area contributed by atoms with Gasteiger partial charge in [0.1, 0.15) is 17.4 Å². The molecule has 0 unspecified atom stereocenters. The van der Waals surface area contributed by atoms with Crippen molar-refractivity contribution in [3.63, 3.8) is 0 Å². The van der Waals surface area contributed by atoms with E-state index in [1.807, 2.05) is 0 Å². The van der Waals surface area contributed by atoms with E-state index in [0.29, 0.717) is 22.5 Å². The molecule has 134 valence electrons. The normalized spacial score (nSPS) is 13.8. The van der Waals surface area contributed by atoms with E-state index in [1.165, 1.54) is 32.8 Å². The highest BCUT2D eigenvalue weighted by Crippen LogP contribution is 2.52. The zero-order valence-electron chi connectivity index (χ0n) is 14.2. The van der Waals surface area contributed by atoms with Gasteiger partial charge in [0.25, 0.3) is 0 Å². The zero-order valence-corrected chi connectivity index (χ0v) is 14.2. The second kappa shape index (κ2) is 5.98. The molecule has 2 aromatic heterocycles. The lowest BCUT2D eigenvalue weighted by Crippen LogP contribution is -2.02. The van der Waals surface area contributed by atoms with E-state index in [2.05, 4.69) is 15.0 Å². The van der Waals surface area contributed by atoms with Crippen molar-refractivity contribution in [1.82, 2.24) is 15.0 Å². The Bertz CT molecular complexity index is 1030. The third kappa shape index (κ3) is 2.37. The van der Waals surface area contributed by atoms with Crippen molar-refractivity contribution in [3.8, 4) is 22.8 Å². The van der Waals surface area contributed by atoms with Crippen LogP contribution in [0.2, 0.25) is 0 Å². The first-order valence-electron chi connectivity index (χ1n) is 8.06. The molecule has 0 saturated heterocycles. The molecule has 0 spiro atoms. The first-order valence-corrected chi connectivity index (χ1v) is 8.06. The number of hydrogen-bond acceptors (Lipinski definition) is 5. The summed E-state index contributed by atoms with van der Waals surface area (Å²) in [5.41, 5.74) is 2.56. The molecule has 8 heteroatoms. The molecule has 0 atom stereocenters. The molecular formula is C18H16FN3O4. The van der Waals surface area contributed by atoms with Gasteiger partial charge in [0.15, 0.2) is 17.3 Å². The Balaban J connectivity index is 2.04. The summed E-state index contributed by atoms with van der Waals surface area (Å²) in [6, 6.07) is 1.36. The zero-order chi connectivity index (χ0) is 18.4.